The average Bonchev–Trinajstić information content (AvgIpc) is 2.30. The number of ether oxygens (including phenoxy) is 2. The Morgan fingerprint density at radius 2 is 1.42 bits per heavy atom. The van der Waals surface area contributed by atoms with Gasteiger partial charge in [-0.3, -0.25) is 9.69 Å². The van der Waals surface area contributed by atoms with Crippen LogP contribution in [-0.4, -0.2) is 55.7 Å². The maximum atomic E-state index is 11.3. The summed E-state index contributed by atoms with van der Waals surface area (Å²) in [6.07, 6.45) is 0. The van der Waals surface area contributed by atoms with Crippen molar-refractivity contribution in [2.24, 2.45) is 5.92 Å². The Morgan fingerprint density at radius 1 is 0.895 bits per heavy atom. The topological polar surface area (TPSA) is 38.8 Å². The van der Waals surface area contributed by atoms with E-state index < -0.39 is 0 Å². The van der Waals surface area contributed by atoms with Crippen molar-refractivity contribution in [1.82, 2.24) is 4.90 Å². The van der Waals surface area contributed by atoms with E-state index in [1.54, 1.807) is 0 Å². The van der Waals surface area contributed by atoms with Gasteiger partial charge < -0.3 is 9.47 Å². The van der Waals surface area contributed by atoms with Crippen LogP contribution in [0.25, 0.3) is 0 Å². The highest BCUT2D eigenvalue weighted by Gasteiger charge is 2.12. The lowest BCUT2D eigenvalue weighted by Crippen LogP contribution is -2.39. The first-order valence-electron chi connectivity index (χ1n) is 7.30. The lowest BCUT2D eigenvalue weighted by atomic mass is 10.1. The fourth-order valence-electron chi connectivity index (χ4n) is 1.84. The molecule has 0 aromatic carbocycles. The average molecular weight is 273 g/mol. The zero-order valence-electron chi connectivity index (χ0n) is 13.4. The predicted molar refractivity (Wildman–Crippen MR) is 78.5 cm³/mol. The van der Waals surface area contributed by atoms with E-state index >= 15 is 0 Å². The van der Waals surface area contributed by atoms with Crippen molar-refractivity contribution in [1.29, 1.82) is 0 Å². The summed E-state index contributed by atoms with van der Waals surface area (Å²) in [6.45, 7) is 15.4. The zero-order chi connectivity index (χ0) is 14.8. The summed E-state index contributed by atoms with van der Waals surface area (Å²) in [4.78, 5) is 13.7. The second-order valence-corrected chi connectivity index (χ2v) is 5.71. The molecule has 0 radical (unpaired) electrons. The number of nitrogens with zero attached hydrogens (tertiary/aromatic N) is 1. The molecule has 0 aliphatic heterocycles. The summed E-state index contributed by atoms with van der Waals surface area (Å²) >= 11 is 0. The maximum Gasteiger partial charge on any atom is 0.160 e. The van der Waals surface area contributed by atoms with Crippen molar-refractivity contribution in [3.8, 4) is 0 Å². The molecule has 0 saturated heterocycles. The second kappa shape index (κ2) is 10.4. The number of Topliss-reactive ketones (excluding diaryl/α,β-unsaturated/α-hetero) is 1. The van der Waals surface area contributed by atoms with Gasteiger partial charge in [-0.1, -0.05) is 13.8 Å². The first-order valence-corrected chi connectivity index (χ1v) is 7.30. The van der Waals surface area contributed by atoms with Crippen LogP contribution in [-0.2, 0) is 14.3 Å². The second-order valence-electron chi connectivity index (χ2n) is 5.71. The van der Waals surface area contributed by atoms with Crippen LogP contribution >= 0.6 is 0 Å². The summed E-state index contributed by atoms with van der Waals surface area (Å²) in [5, 5.41) is 0. The third-order valence-electron chi connectivity index (χ3n) is 3.08. The van der Waals surface area contributed by atoms with E-state index in [1.807, 2.05) is 13.8 Å². The molecule has 0 amide bonds. The van der Waals surface area contributed by atoms with Crippen LogP contribution in [0.4, 0.5) is 0 Å². The minimum atomic E-state index is 0.0477. The Balaban J connectivity index is 3.52. The molecular formula is C15H31NO3. The van der Waals surface area contributed by atoms with E-state index in [4.69, 9.17) is 9.47 Å². The first kappa shape index (κ1) is 18.6. The van der Waals surface area contributed by atoms with Gasteiger partial charge in [0.15, 0.2) is 5.78 Å². The summed E-state index contributed by atoms with van der Waals surface area (Å²) in [5.74, 6) is 0.192. The Labute approximate surface area is 118 Å². The SMILES string of the molecule is CC(C)C(=O)COCCOCCN(C(C)C)C(C)C. The molecule has 0 bridgehead atoms. The molecule has 0 N–H and O–H groups in total. The van der Waals surface area contributed by atoms with E-state index in [1.165, 1.54) is 0 Å². The maximum absolute atomic E-state index is 11.3. The normalized spacial score (nSPS) is 12.1. The van der Waals surface area contributed by atoms with Crippen molar-refractivity contribution in [3.63, 3.8) is 0 Å². The van der Waals surface area contributed by atoms with Gasteiger partial charge in [-0.2, -0.15) is 0 Å². The van der Waals surface area contributed by atoms with Crippen LogP contribution < -0.4 is 0 Å². The summed E-state index contributed by atoms with van der Waals surface area (Å²) < 4.78 is 10.8. The van der Waals surface area contributed by atoms with E-state index in [2.05, 4.69) is 32.6 Å². The highest BCUT2D eigenvalue weighted by Crippen LogP contribution is 2.03. The van der Waals surface area contributed by atoms with Gasteiger partial charge in [0.25, 0.3) is 0 Å². The minimum absolute atomic E-state index is 0.0477. The molecule has 0 unspecified atom stereocenters. The fourth-order valence-corrected chi connectivity index (χ4v) is 1.84. The molecule has 0 fully saturated rings. The number of hydrogen-bond acceptors (Lipinski definition) is 4. The number of ketones is 1. The van der Waals surface area contributed by atoms with Crippen LogP contribution in [0.2, 0.25) is 0 Å². The largest absolute Gasteiger partial charge is 0.378 e. The third kappa shape index (κ3) is 9.14. The Morgan fingerprint density at radius 3 is 1.89 bits per heavy atom. The van der Waals surface area contributed by atoms with E-state index in [0.717, 1.165) is 6.54 Å². The summed E-state index contributed by atoms with van der Waals surface area (Å²) in [6, 6.07) is 1.06. The fraction of sp³-hybridized carbons (Fsp3) is 0.933. The van der Waals surface area contributed by atoms with E-state index in [0.29, 0.717) is 31.9 Å². The molecule has 0 aromatic rings. The molecule has 0 heterocycles. The van der Waals surface area contributed by atoms with Gasteiger partial charge in [-0.05, 0) is 27.7 Å². The number of carbonyl (C=O) groups excluding carboxylic acids is 1. The molecule has 0 aliphatic carbocycles. The van der Waals surface area contributed by atoms with Crippen LogP contribution in [0, 0.1) is 5.92 Å². The molecule has 0 spiro atoms. The number of carbonyl (C=O) groups is 1. The van der Waals surface area contributed by atoms with Crippen LogP contribution in [0.5, 0.6) is 0 Å². The van der Waals surface area contributed by atoms with Gasteiger partial charge in [-0.25, -0.2) is 0 Å². The third-order valence-corrected chi connectivity index (χ3v) is 3.08. The molecule has 0 aliphatic rings. The lowest BCUT2D eigenvalue weighted by Gasteiger charge is -2.30. The molecular weight excluding hydrogens is 242 g/mol. The quantitative estimate of drug-likeness (QED) is 0.542. The Kier molecular flexibility index (Phi) is 10.1. The molecule has 114 valence electrons. The van der Waals surface area contributed by atoms with Gasteiger partial charge in [0.2, 0.25) is 0 Å². The van der Waals surface area contributed by atoms with E-state index in [-0.39, 0.29) is 18.3 Å². The summed E-state index contributed by atoms with van der Waals surface area (Å²) in [5.41, 5.74) is 0. The minimum Gasteiger partial charge on any atom is -0.378 e. The summed E-state index contributed by atoms with van der Waals surface area (Å²) in [7, 11) is 0. The molecule has 4 nitrogen and oxygen atoms in total. The highest BCUT2D eigenvalue weighted by molar-refractivity contribution is 5.81. The molecule has 0 atom stereocenters. The van der Waals surface area contributed by atoms with Crippen LogP contribution in [0.15, 0.2) is 0 Å². The van der Waals surface area contributed by atoms with Gasteiger partial charge in [0.05, 0.1) is 19.8 Å². The van der Waals surface area contributed by atoms with Crippen molar-refractivity contribution in [2.75, 3.05) is 33.0 Å². The predicted octanol–water partition coefficient (Wildman–Crippen LogP) is 2.36. The van der Waals surface area contributed by atoms with Crippen molar-refractivity contribution < 1.29 is 14.3 Å². The standard InChI is InChI=1S/C15H31NO3/c1-12(2)15(17)11-19-10-9-18-8-7-16(13(3)4)14(5)6/h12-14H,7-11H2,1-6H3. The number of rotatable bonds is 11. The Bertz CT molecular complexity index is 232. The smallest absolute Gasteiger partial charge is 0.160 e. The highest BCUT2D eigenvalue weighted by atomic mass is 16.5. The van der Waals surface area contributed by atoms with E-state index in [9.17, 15) is 4.79 Å². The van der Waals surface area contributed by atoms with Gasteiger partial charge in [-0.15, -0.1) is 0 Å². The van der Waals surface area contributed by atoms with Gasteiger partial charge in [0.1, 0.15) is 6.61 Å². The van der Waals surface area contributed by atoms with Gasteiger partial charge >= 0.3 is 0 Å². The molecule has 4 heteroatoms. The van der Waals surface area contributed by atoms with Gasteiger partial charge in [0, 0.05) is 24.5 Å². The lowest BCUT2D eigenvalue weighted by molar-refractivity contribution is -0.127. The van der Waals surface area contributed by atoms with Crippen molar-refractivity contribution in [2.45, 2.75) is 53.6 Å². The van der Waals surface area contributed by atoms with Crippen molar-refractivity contribution in [3.05, 3.63) is 0 Å². The first-order chi connectivity index (χ1) is 8.86. The zero-order valence-corrected chi connectivity index (χ0v) is 13.4. The number of hydrogen-bond donors (Lipinski definition) is 0. The Hall–Kier alpha value is -0.450. The van der Waals surface area contributed by atoms with Crippen molar-refractivity contribution >= 4 is 5.78 Å². The molecule has 19 heavy (non-hydrogen) atoms. The molecule has 0 saturated carbocycles. The molecule has 0 aromatic heterocycles. The van der Waals surface area contributed by atoms with Crippen LogP contribution in [0.1, 0.15) is 41.5 Å². The van der Waals surface area contributed by atoms with Crippen LogP contribution in [0.3, 0.4) is 0 Å². The monoisotopic (exact) mass is 273 g/mol. The molecule has 0 rings (SSSR count).